The van der Waals surface area contributed by atoms with E-state index in [9.17, 15) is 4.79 Å². The lowest BCUT2D eigenvalue weighted by molar-refractivity contribution is 0.0701. The molecule has 19 heavy (non-hydrogen) atoms. The Bertz CT molecular complexity index is 628. The summed E-state index contributed by atoms with van der Waals surface area (Å²) in [5.41, 5.74) is 1.15. The molecular weight excluding hydrogens is 307 g/mol. The van der Waals surface area contributed by atoms with Crippen molar-refractivity contribution in [3.8, 4) is 0 Å². The number of aromatic nitrogens is 1. The molecule has 100 valence electrons. The van der Waals surface area contributed by atoms with Crippen molar-refractivity contribution < 1.29 is 9.90 Å². The van der Waals surface area contributed by atoms with Crippen LogP contribution in [0.4, 0.5) is 10.8 Å². The van der Waals surface area contributed by atoms with Gasteiger partial charge in [0.2, 0.25) is 0 Å². The standard InChI is InChI=1S/C12H10Cl2N2O2S/c1-2-7-10(11(17)18)19-12(15-7)16-8-5-3-4-6(13)9(8)14/h3-5H,2H2,1H3,(H,15,16)(H,17,18). The molecule has 2 aromatic rings. The van der Waals surface area contributed by atoms with Crippen molar-refractivity contribution in [2.24, 2.45) is 0 Å². The van der Waals surface area contributed by atoms with Crippen molar-refractivity contribution in [1.29, 1.82) is 0 Å². The summed E-state index contributed by atoms with van der Waals surface area (Å²) in [5.74, 6) is -0.973. The van der Waals surface area contributed by atoms with Crippen LogP contribution in [0.25, 0.3) is 0 Å². The monoisotopic (exact) mass is 316 g/mol. The summed E-state index contributed by atoms with van der Waals surface area (Å²) < 4.78 is 0. The molecule has 1 aromatic carbocycles. The van der Waals surface area contributed by atoms with Gasteiger partial charge in [0, 0.05) is 0 Å². The Hall–Kier alpha value is -1.30. The van der Waals surface area contributed by atoms with Gasteiger partial charge in [-0.2, -0.15) is 0 Å². The molecule has 2 N–H and O–H groups in total. The van der Waals surface area contributed by atoms with Crippen LogP contribution in [0.3, 0.4) is 0 Å². The number of benzene rings is 1. The van der Waals surface area contributed by atoms with Gasteiger partial charge in [-0.15, -0.1) is 0 Å². The van der Waals surface area contributed by atoms with E-state index >= 15 is 0 Å². The third-order valence-electron chi connectivity index (χ3n) is 2.42. The number of rotatable bonds is 4. The third kappa shape index (κ3) is 3.00. The SMILES string of the molecule is CCc1nc(Nc2cccc(Cl)c2Cl)sc1C(=O)O. The van der Waals surface area contributed by atoms with Crippen LogP contribution in [0.1, 0.15) is 22.3 Å². The summed E-state index contributed by atoms with van der Waals surface area (Å²) in [6.07, 6.45) is 0.559. The number of aromatic carboxylic acids is 1. The fourth-order valence-electron chi connectivity index (χ4n) is 1.53. The van der Waals surface area contributed by atoms with E-state index in [2.05, 4.69) is 10.3 Å². The van der Waals surface area contributed by atoms with Crippen molar-refractivity contribution in [2.75, 3.05) is 5.32 Å². The topological polar surface area (TPSA) is 62.2 Å². The van der Waals surface area contributed by atoms with Gasteiger partial charge in [0.15, 0.2) is 5.13 Å². The summed E-state index contributed by atoms with van der Waals surface area (Å²) in [5, 5.41) is 13.4. The summed E-state index contributed by atoms with van der Waals surface area (Å²) in [7, 11) is 0. The molecule has 0 saturated carbocycles. The number of aryl methyl sites for hydroxylation is 1. The number of carbonyl (C=O) groups is 1. The Morgan fingerprint density at radius 3 is 2.79 bits per heavy atom. The molecule has 0 fully saturated rings. The van der Waals surface area contributed by atoms with Crippen molar-refractivity contribution in [3.63, 3.8) is 0 Å². The number of carboxylic acid groups (broad SMARTS) is 1. The van der Waals surface area contributed by atoms with Crippen LogP contribution in [0.15, 0.2) is 18.2 Å². The van der Waals surface area contributed by atoms with E-state index in [1.54, 1.807) is 18.2 Å². The number of hydrogen-bond acceptors (Lipinski definition) is 4. The van der Waals surface area contributed by atoms with E-state index in [4.69, 9.17) is 28.3 Å². The molecule has 1 aromatic heterocycles. The van der Waals surface area contributed by atoms with Crippen molar-refractivity contribution in [1.82, 2.24) is 4.98 Å². The lowest BCUT2D eigenvalue weighted by atomic mass is 10.3. The van der Waals surface area contributed by atoms with Crippen molar-refractivity contribution in [3.05, 3.63) is 38.8 Å². The smallest absolute Gasteiger partial charge is 0.347 e. The highest BCUT2D eigenvalue weighted by Gasteiger charge is 2.16. The highest BCUT2D eigenvalue weighted by atomic mass is 35.5. The van der Waals surface area contributed by atoms with Gasteiger partial charge >= 0.3 is 5.97 Å². The first-order valence-electron chi connectivity index (χ1n) is 5.47. The Labute approximate surface area is 124 Å². The Morgan fingerprint density at radius 1 is 1.47 bits per heavy atom. The largest absolute Gasteiger partial charge is 0.477 e. The summed E-state index contributed by atoms with van der Waals surface area (Å²) in [4.78, 5) is 15.5. The van der Waals surface area contributed by atoms with Crippen LogP contribution in [0, 0.1) is 0 Å². The highest BCUT2D eigenvalue weighted by Crippen LogP contribution is 2.33. The molecule has 1 heterocycles. The molecule has 0 amide bonds. The summed E-state index contributed by atoms with van der Waals surface area (Å²) in [6.45, 7) is 1.86. The maximum Gasteiger partial charge on any atom is 0.347 e. The first-order valence-corrected chi connectivity index (χ1v) is 7.04. The summed E-state index contributed by atoms with van der Waals surface area (Å²) >= 11 is 13.0. The number of thiazole rings is 1. The van der Waals surface area contributed by atoms with Gasteiger partial charge in [-0.25, -0.2) is 9.78 Å². The van der Waals surface area contributed by atoms with Gasteiger partial charge in [0.1, 0.15) is 4.88 Å². The summed E-state index contributed by atoms with van der Waals surface area (Å²) in [6, 6.07) is 5.18. The number of anilines is 2. The molecular formula is C12H10Cl2N2O2S. The van der Waals surface area contributed by atoms with E-state index in [1.165, 1.54) is 0 Å². The second kappa shape index (κ2) is 5.77. The van der Waals surface area contributed by atoms with E-state index in [1.807, 2.05) is 6.92 Å². The lowest BCUT2D eigenvalue weighted by Gasteiger charge is -2.05. The molecule has 0 aliphatic heterocycles. The van der Waals surface area contributed by atoms with Gasteiger partial charge in [-0.3, -0.25) is 0 Å². The minimum Gasteiger partial charge on any atom is -0.477 e. The van der Waals surface area contributed by atoms with Crippen LogP contribution in [-0.4, -0.2) is 16.1 Å². The average molecular weight is 317 g/mol. The minimum atomic E-state index is -0.973. The molecule has 0 bridgehead atoms. The zero-order chi connectivity index (χ0) is 14.0. The molecule has 0 unspecified atom stereocenters. The first-order chi connectivity index (χ1) is 9.02. The van der Waals surface area contributed by atoms with Gasteiger partial charge in [-0.1, -0.05) is 47.5 Å². The first kappa shape index (κ1) is 14.1. The molecule has 2 rings (SSSR count). The van der Waals surface area contributed by atoms with E-state index < -0.39 is 5.97 Å². The van der Waals surface area contributed by atoms with Gasteiger partial charge in [-0.05, 0) is 18.6 Å². The van der Waals surface area contributed by atoms with E-state index in [0.29, 0.717) is 33.0 Å². The zero-order valence-electron chi connectivity index (χ0n) is 9.91. The van der Waals surface area contributed by atoms with Crippen LogP contribution < -0.4 is 5.32 Å². The molecule has 0 spiro atoms. The normalized spacial score (nSPS) is 10.5. The fourth-order valence-corrected chi connectivity index (χ4v) is 2.78. The zero-order valence-corrected chi connectivity index (χ0v) is 12.2. The number of hydrogen-bond donors (Lipinski definition) is 2. The Morgan fingerprint density at radius 2 is 2.21 bits per heavy atom. The molecule has 0 radical (unpaired) electrons. The quantitative estimate of drug-likeness (QED) is 0.874. The average Bonchev–Trinajstić information content (AvgIpc) is 2.78. The Kier molecular flexibility index (Phi) is 4.29. The number of nitrogens with zero attached hydrogens (tertiary/aromatic N) is 1. The minimum absolute atomic E-state index is 0.239. The van der Waals surface area contributed by atoms with Crippen LogP contribution in [-0.2, 0) is 6.42 Å². The van der Waals surface area contributed by atoms with Gasteiger partial charge in [0.25, 0.3) is 0 Å². The second-order valence-electron chi connectivity index (χ2n) is 3.68. The molecule has 0 atom stereocenters. The predicted molar refractivity (Wildman–Crippen MR) is 78.2 cm³/mol. The fraction of sp³-hybridized carbons (Fsp3) is 0.167. The van der Waals surface area contributed by atoms with Crippen LogP contribution in [0.5, 0.6) is 0 Å². The predicted octanol–water partition coefficient (Wildman–Crippen LogP) is 4.45. The highest BCUT2D eigenvalue weighted by molar-refractivity contribution is 7.17. The van der Waals surface area contributed by atoms with E-state index in [-0.39, 0.29) is 4.88 Å². The second-order valence-corrected chi connectivity index (χ2v) is 5.46. The van der Waals surface area contributed by atoms with Crippen LogP contribution >= 0.6 is 34.5 Å². The molecule has 0 saturated heterocycles. The molecule has 7 heteroatoms. The van der Waals surface area contributed by atoms with Gasteiger partial charge < -0.3 is 10.4 Å². The van der Waals surface area contributed by atoms with Crippen LogP contribution in [0.2, 0.25) is 10.0 Å². The third-order valence-corrected chi connectivity index (χ3v) is 4.24. The lowest BCUT2D eigenvalue weighted by Crippen LogP contribution is -1.97. The number of halogens is 2. The molecule has 0 aliphatic carbocycles. The number of carboxylic acids is 1. The number of nitrogens with one attached hydrogen (secondary N) is 1. The maximum absolute atomic E-state index is 11.1. The molecule has 4 nitrogen and oxygen atoms in total. The maximum atomic E-state index is 11.1. The molecule has 0 aliphatic rings. The van der Waals surface area contributed by atoms with Gasteiger partial charge in [0.05, 0.1) is 21.4 Å². The van der Waals surface area contributed by atoms with E-state index in [0.717, 1.165) is 11.3 Å². The van der Waals surface area contributed by atoms with Crippen molar-refractivity contribution in [2.45, 2.75) is 13.3 Å². The van der Waals surface area contributed by atoms with Crippen molar-refractivity contribution >= 4 is 51.3 Å². The Balaban J connectivity index is 2.33.